The lowest BCUT2D eigenvalue weighted by Gasteiger charge is -2.30. The molecule has 27 heavy (non-hydrogen) atoms. The maximum atomic E-state index is 12.7. The minimum Gasteiger partial charge on any atom is -0.467 e. The standard InChI is InChI=1S/C22H28BrNO3/c1-12-8-10-15(11-9-12)16-13(2)18(23)19(24)14(3)17(16)20(21(25)26-7)27-22(4,5)6/h8-11,20H,24H2,1-7H3/t20-/m0/s1. The Balaban J connectivity index is 2.86. The van der Waals surface area contributed by atoms with Crippen molar-refractivity contribution in [2.45, 2.75) is 53.2 Å². The van der Waals surface area contributed by atoms with Gasteiger partial charge < -0.3 is 15.2 Å². The van der Waals surface area contributed by atoms with Gasteiger partial charge in [-0.1, -0.05) is 29.8 Å². The number of ether oxygens (including phenoxy) is 2. The highest BCUT2D eigenvalue weighted by atomic mass is 79.9. The van der Waals surface area contributed by atoms with Crippen molar-refractivity contribution in [3.8, 4) is 11.1 Å². The van der Waals surface area contributed by atoms with E-state index in [1.54, 1.807) is 0 Å². The van der Waals surface area contributed by atoms with Crippen molar-refractivity contribution in [3.05, 3.63) is 51.0 Å². The molecule has 0 aromatic heterocycles. The van der Waals surface area contributed by atoms with Crippen molar-refractivity contribution in [2.75, 3.05) is 12.8 Å². The summed E-state index contributed by atoms with van der Waals surface area (Å²) >= 11 is 3.61. The molecule has 2 aromatic carbocycles. The number of methoxy groups -OCH3 is 1. The third-order valence-electron chi connectivity index (χ3n) is 4.51. The van der Waals surface area contributed by atoms with Crippen LogP contribution < -0.4 is 5.73 Å². The van der Waals surface area contributed by atoms with Gasteiger partial charge in [0, 0.05) is 15.7 Å². The molecule has 0 aliphatic rings. The number of carbonyl (C=O) groups is 1. The molecule has 0 saturated carbocycles. The van der Waals surface area contributed by atoms with Gasteiger partial charge in [0.1, 0.15) is 0 Å². The van der Waals surface area contributed by atoms with Crippen LogP contribution in [0.5, 0.6) is 0 Å². The molecule has 0 fully saturated rings. The van der Waals surface area contributed by atoms with Crippen LogP contribution in [0.2, 0.25) is 0 Å². The zero-order chi connectivity index (χ0) is 20.5. The largest absolute Gasteiger partial charge is 0.467 e. The van der Waals surface area contributed by atoms with E-state index in [1.807, 2.05) is 41.5 Å². The van der Waals surface area contributed by atoms with Crippen LogP contribution in [0, 0.1) is 20.8 Å². The van der Waals surface area contributed by atoms with Crippen LogP contribution in [0.15, 0.2) is 28.7 Å². The molecule has 0 heterocycles. The van der Waals surface area contributed by atoms with Gasteiger partial charge >= 0.3 is 5.97 Å². The van der Waals surface area contributed by atoms with Crippen LogP contribution in [0.4, 0.5) is 5.69 Å². The van der Waals surface area contributed by atoms with Gasteiger partial charge in [-0.2, -0.15) is 0 Å². The highest BCUT2D eigenvalue weighted by molar-refractivity contribution is 9.10. The maximum absolute atomic E-state index is 12.7. The molecule has 0 saturated heterocycles. The molecule has 2 rings (SSSR count). The van der Waals surface area contributed by atoms with Crippen molar-refractivity contribution < 1.29 is 14.3 Å². The molecule has 0 radical (unpaired) electrons. The van der Waals surface area contributed by atoms with Gasteiger partial charge in [0.2, 0.25) is 0 Å². The Bertz CT molecular complexity index is 852. The van der Waals surface area contributed by atoms with E-state index in [0.717, 1.165) is 32.3 Å². The fourth-order valence-electron chi connectivity index (χ4n) is 3.12. The summed E-state index contributed by atoms with van der Waals surface area (Å²) in [6.45, 7) is 11.7. The van der Waals surface area contributed by atoms with Crippen molar-refractivity contribution >= 4 is 27.6 Å². The molecular formula is C22H28BrNO3. The minimum absolute atomic E-state index is 0.442. The van der Waals surface area contributed by atoms with E-state index in [9.17, 15) is 4.79 Å². The number of nitrogen functional groups attached to an aromatic ring is 1. The van der Waals surface area contributed by atoms with Gasteiger partial charge in [0.15, 0.2) is 6.10 Å². The quantitative estimate of drug-likeness (QED) is 0.499. The van der Waals surface area contributed by atoms with Crippen LogP contribution in [0.1, 0.15) is 49.1 Å². The molecule has 2 N–H and O–H groups in total. The summed E-state index contributed by atoms with van der Waals surface area (Å²) < 4.78 is 12.1. The van der Waals surface area contributed by atoms with Crippen molar-refractivity contribution in [1.82, 2.24) is 0 Å². The van der Waals surface area contributed by atoms with Crippen LogP contribution in [-0.2, 0) is 14.3 Å². The molecular weight excluding hydrogens is 406 g/mol. The minimum atomic E-state index is -0.875. The lowest BCUT2D eigenvalue weighted by atomic mass is 9.87. The van der Waals surface area contributed by atoms with Gasteiger partial charge in [0.05, 0.1) is 12.7 Å². The second-order valence-corrected chi connectivity index (χ2v) is 8.56. The number of nitrogens with two attached hydrogens (primary N) is 1. The average Bonchev–Trinajstić information content (AvgIpc) is 2.60. The van der Waals surface area contributed by atoms with Gasteiger partial charge in [0.25, 0.3) is 0 Å². The number of hydrogen-bond acceptors (Lipinski definition) is 4. The Kier molecular flexibility index (Phi) is 6.38. The molecule has 0 amide bonds. The van der Waals surface area contributed by atoms with Gasteiger partial charge in [-0.05, 0) is 79.7 Å². The summed E-state index contributed by atoms with van der Waals surface area (Å²) in [6.07, 6.45) is -0.875. The Morgan fingerprint density at radius 1 is 1.07 bits per heavy atom. The van der Waals surface area contributed by atoms with E-state index in [2.05, 4.69) is 40.2 Å². The Hall–Kier alpha value is -1.85. The topological polar surface area (TPSA) is 61.5 Å². The zero-order valence-corrected chi connectivity index (χ0v) is 18.7. The van der Waals surface area contributed by atoms with Crippen molar-refractivity contribution in [3.63, 3.8) is 0 Å². The maximum Gasteiger partial charge on any atom is 0.339 e. The van der Waals surface area contributed by atoms with Crippen LogP contribution in [0.25, 0.3) is 11.1 Å². The number of halogens is 1. The SMILES string of the molecule is COC(=O)[C@@H](OC(C)(C)C)c1c(C)c(N)c(Br)c(C)c1-c1ccc(C)cc1. The lowest BCUT2D eigenvalue weighted by Crippen LogP contribution is -2.29. The summed E-state index contributed by atoms with van der Waals surface area (Å²) in [4.78, 5) is 12.7. The molecule has 4 nitrogen and oxygen atoms in total. The fourth-order valence-corrected chi connectivity index (χ4v) is 3.61. The predicted octanol–water partition coefficient (Wildman–Crippen LogP) is 5.65. The first kappa shape index (κ1) is 21.5. The fraction of sp³-hybridized carbons (Fsp3) is 0.409. The molecule has 0 aliphatic carbocycles. The summed E-state index contributed by atoms with van der Waals surface area (Å²) in [6, 6.07) is 8.20. The first-order valence-electron chi connectivity index (χ1n) is 8.88. The average molecular weight is 434 g/mol. The number of hydrogen-bond donors (Lipinski definition) is 1. The number of carbonyl (C=O) groups excluding carboxylic acids is 1. The summed E-state index contributed by atoms with van der Waals surface area (Å²) in [5.74, 6) is -0.442. The molecule has 1 atom stereocenters. The number of benzene rings is 2. The van der Waals surface area contributed by atoms with E-state index < -0.39 is 17.7 Å². The third-order valence-corrected chi connectivity index (χ3v) is 5.53. The van der Waals surface area contributed by atoms with Crippen LogP contribution in [-0.4, -0.2) is 18.7 Å². The normalized spacial score (nSPS) is 12.7. The molecule has 0 unspecified atom stereocenters. The number of rotatable bonds is 4. The van der Waals surface area contributed by atoms with Gasteiger partial charge in [-0.25, -0.2) is 4.79 Å². The Morgan fingerprint density at radius 2 is 1.63 bits per heavy atom. The highest BCUT2D eigenvalue weighted by Crippen LogP contribution is 2.44. The zero-order valence-electron chi connectivity index (χ0n) is 17.1. The number of aryl methyl sites for hydroxylation is 1. The molecule has 0 spiro atoms. The van der Waals surface area contributed by atoms with Gasteiger partial charge in [-0.15, -0.1) is 0 Å². The van der Waals surface area contributed by atoms with Gasteiger partial charge in [-0.3, -0.25) is 0 Å². The molecule has 0 bridgehead atoms. The van der Waals surface area contributed by atoms with Crippen LogP contribution >= 0.6 is 15.9 Å². The van der Waals surface area contributed by atoms with Crippen molar-refractivity contribution in [2.24, 2.45) is 0 Å². The van der Waals surface area contributed by atoms with E-state index in [4.69, 9.17) is 15.2 Å². The van der Waals surface area contributed by atoms with Crippen molar-refractivity contribution in [1.29, 1.82) is 0 Å². The smallest absolute Gasteiger partial charge is 0.339 e. The first-order valence-corrected chi connectivity index (χ1v) is 9.68. The summed E-state index contributed by atoms with van der Waals surface area (Å²) in [7, 11) is 1.37. The second kappa shape index (κ2) is 8.03. The summed E-state index contributed by atoms with van der Waals surface area (Å²) in [5, 5.41) is 0. The molecule has 5 heteroatoms. The summed E-state index contributed by atoms with van der Waals surface area (Å²) in [5.41, 5.74) is 12.0. The third kappa shape index (κ3) is 4.53. The Labute approximate surface area is 170 Å². The predicted molar refractivity (Wildman–Crippen MR) is 114 cm³/mol. The molecule has 146 valence electrons. The monoisotopic (exact) mass is 433 g/mol. The molecule has 2 aromatic rings. The number of anilines is 1. The second-order valence-electron chi connectivity index (χ2n) is 7.77. The van der Waals surface area contributed by atoms with E-state index >= 15 is 0 Å². The van der Waals surface area contributed by atoms with E-state index in [0.29, 0.717) is 5.69 Å². The Morgan fingerprint density at radius 3 is 2.11 bits per heavy atom. The van der Waals surface area contributed by atoms with E-state index in [1.165, 1.54) is 12.7 Å². The molecule has 0 aliphatic heterocycles. The van der Waals surface area contributed by atoms with Crippen LogP contribution in [0.3, 0.4) is 0 Å². The lowest BCUT2D eigenvalue weighted by molar-refractivity contribution is -0.164. The van der Waals surface area contributed by atoms with E-state index in [-0.39, 0.29) is 0 Å². The highest BCUT2D eigenvalue weighted by Gasteiger charge is 2.33. The first-order chi connectivity index (χ1) is 12.5. The number of esters is 1.